The number of aromatic nitrogens is 2. The molecule has 0 spiro atoms. The minimum absolute atomic E-state index is 0.0580. The highest BCUT2D eigenvalue weighted by atomic mass is 19.1. The summed E-state index contributed by atoms with van der Waals surface area (Å²) in [4.78, 5) is 33.0. The number of esters is 1. The van der Waals surface area contributed by atoms with Gasteiger partial charge in [-0.3, -0.25) is 19.8 Å². The van der Waals surface area contributed by atoms with E-state index in [-0.39, 0.29) is 25.2 Å². The average Bonchev–Trinajstić information content (AvgIpc) is 3.67. The van der Waals surface area contributed by atoms with Crippen molar-refractivity contribution in [1.82, 2.24) is 15.4 Å². The molecule has 2 atom stereocenters. The Kier molecular flexibility index (Phi) is 6.54. The molecule has 1 aliphatic carbocycles. The summed E-state index contributed by atoms with van der Waals surface area (Å²) >= 11 is 0. The minimum Gasteiger partial charge on any atom is -0.486 e. The number of pyridine rings is 2. The lowest BCUT2D eigenvalue weighted by atomic mass is 9.93. The van der Waals surface area contributed by atoms with Crippen LogP contribution in [0.25, 0.3) is 22.2 Å². The first-order valence-electron chi connectivity index (χ1n) is 11.7. The number of amides is 1. The van der Waals surface area contributed by atoms with Gasteiger partial charge in [0.15, 0.2) is 11.6 Å². The molecule has 0 radical (unpaired) electrons. The zero-order valence-corrected chi connectivity index (χ0v) is 20.0. The molecular formula is C28H24FN3O5. The van der Waals surface area contributed by atoms with E-state index in [1.807, 2.05) is 42.5 Å². The fourth-order valence-corrected chi connectivity index (χ4v) is 4.75. The van der Waals surface area contributed by atoms with Gasteiger partial charge in [-0.2, -0.15) is 0 Å². The van der Waals surface area contributed by atoms with E-state index in [0.717, 1.165) is 27.7 Å². The van der Waals surface area contributed by atoms with Crippen molar-refractivity contribution in [2.75, 3.05) is 7.11 Å². The van der Waals surface area contributed by atoms with E-state index in [1.54, 1.807) is 23.9 Å². The molecule has 1 fully saturated rings. The van der Waals surface area contributed by atoms with Gasteiger partial charge in [-0.05, 0) is 54.8 Å². The summed E-state index contributed by atoms with van der Waals surface area (Å²) < 4.78 is 25.8. The van der Waals surface area contributed by atoms with E-state index in [9.17, 15) is 9.59 Å². The van der Waals surface area contributed by atoms with E-state index in [2.05, 4.69) is 4.98 Å². The number of methoxy groups -OCH3 is 1. The smallest absolute Gasteiger partial charge is 0.312 e. The molecule has 4 aromatic rings. The van der Waals surface area contributed by atoms with Crippen LogP contribution in [0.2, 0.25) is 0 Å². The van der Waals surface area contributed by atoms with Crippen LogP contribution >= 0.6 is 0 Å². The number of para-hydroxylation sites is 1. The molecule has 1 amide bonds. The average molecular weight is 502 g/mol. The normalized spacial score (nSPS) is 18.3. The quantitative estimate of drug-likeness (QED) is 0.211. The zero-order valence-electron chi connectivity index (χ0n) is 20.0. The van der Waals surface area contributed by atoms with Gasteiger partial charge in [0.25, 0.3) is 0 Å². The summed E-state index contributed by atoms with van der Waals surface area (Å²) in [5.74, 6) is -2.51. The third-order valence-corrected chi connectivity index (χ3v) is 6.77. The van der Waals surface area contributed by atoms with Crippen molar-refractivity contribution in [3.8, 4) is 17.0 Å². The second-order valence-corrected chi connectivity index (χ2v) is 9.03. The predicted molar refractivity (Wildman–Crippen MR) is 132 cm³/mol. The van der Waals surface area contributed by atoms with Gasteiger partial charge in [-0.1, -0.05) is 24.3 Å². The van der Waals surface area contributed by atoms with Crippen molar-refractivity contribution >= 4 is 22.8 Å². The summed E-state index contributed by atoms with van der Waals surface area (Å²) in [7, 11) is 1.23. The van der Waals surface area contributed by atoms with Crippen molar-refractivity contribution in [3.05, 3.63) is 90.0 Å². The number of rotatable bonds is 8. The van der Waals surface area contributed by atoms with Crippen LogP contribution in [0.3, 0.4) is 0 Å². The Labute approximate surface area is 212 Å². The van der Waals surface area contributed by atoms with Crippen LogP contribution in [-0.2, 0) is 27.4 Å². The Morgan fingerprint density at radius 1 is 1.14 bits per heavy atom. The Hall–Kier alpha value is -4.37. The lowest BCUT2D eigenvalue weighted by Gasteiger charge is -2.16. The van der Waals surface area contributed by atoms with Gasteiger partial charge in [0.2, 0.25) is 5.91 Å². The summed E-state index contributed by atoms with van der Waals surface area (Å²) in [6.45, 7) is 0.113. The molecule has 0 saturated heterocycles. The van der Waals surface area contributed by atoms with Crippen LogP contribution in [0.1, 0.15) is 17.5 Å². The van der Waals surface area contributed by atoms with Crippen molar-refractivity contribution in [2.24, 2.45) is 11.3 Å². The maximum atomic E-state index is 15.0. The molecule has 1 saturated carbocycles. The van der Waals surface area contributed by atoms with Crippen molar-refractivity contribution in [1.29, 1.82) is 0 Å². The topological polar surface area (TPSA) is 111 Å². The molecule has 2 aromatic heterocycles. The zero-order chi connectivity index (χ0) is 26.0. The van der Waals surface area contributed by atoms with Crippen LogP contribution in [-0.4, -0.2) is 34.2 Å². The SMILES string of the molecule is COC(=O)[C@]1(Cc2ccc(OCc3cc(-c4ccncc4)nc4ccccc34)c(F)c2)CC1C(=O)NO. The Morgan fingerprint density at radius 2 is 1.92 bits per heavy atom. The Morgan fingerprint density at radius 3 is 2.65 bits per heavy atom. The molecule has 5 rings (SSSR count). The molecule has 188 valence electrons. The first kappa shape index (κ1) is 24.3. The number of hydrogen-bond donors (Lipinski definition) is 2. The molecule has 1 aliphatic rings. The fraction of sp³-hybridized carbons (Fsp3) is 0.214. The number of nitrogens with zero attached hydrogens (tertiary/aromatic N) is 2. The number of benzene rings is 2. The van der Waals surface area contributed by atoms with Crippen molar-refractivity contribution in [2.45, 2.75) is 19.4 Å². The van der Waals surface area contributed by atoms with Gasteiger partial charge in [0.1, 0.15) is 6.61 Å². The maximum absolute atomic E-state index is 15.0. The second-order valence-electron chi connectivity index (χ2n) is 9.03. The van der Waals surface area contributed by atoms with Gasteiger partial charge < -0.3 is 9.47 Å². The van der Waals surface area contributed by atoms with Gasteiger partial charge >= 0.3 is 5.97 Å². The summed E-state index contributed by atoms with van der Waals surface area (Å²) in [6.07, 6.45) is 3.70. The molecule has 8 nitrogen and oxygen atoms in total. The van der Waals surface area contributed by atoms with E-state index in [1.165, 1.54) is 19.2 Å². The number of carbonyl (C=O) groups excluding carboxylic acids is 2. The minimum atomic E-state index is -1.13. The first-order chi connectivity index (χ1) is 17.9. The molecule has 0 bridgehead atoms. The highest BCUT2D eigenvalue weighted by Gasteiger charge is 2.64. The van der Waals surface area contributed by atoms with Crippen LogP contribution in [0.15, 0.2) is 73.1 Å². The van der Waals surface area contributed by atoms with E-state index >= 15 is 4.39 Å². The number of nitrogens with one attached hydrogen (secondary N) is 1. The first-order valence-corrected chi connectivity index (χ1v) is 11.7. The second kappa shape index (κ2) is 9.94. The largest absolute Gasteiger partial charge is 0.486 e. The maximum Gasteiger partial charge on any atom is 0.312 e. The van der Waals surface area contributed by atoms with E-state index in [0.29, 0.717) is 5.56 Å². The van der Waals surface area contributed by atoms with Crippen LogP contribution < -0.4 is 10.2 Å². The van der Waals surface area contributed by atoms with Crippen LogP contribution in [0.5, 0.6) is 5.75 Å². The van der Waals surface area contributed by atoms with Crippen LogP contribution in [0.4, 0.5) is 4.39 Å². The molecule has 9 heteroatoms. The summed E-state index contributed by atoms with van der Waals surface area (Å²) in [5, 5.41) is 9.85. The van der Waals surface area contributed by atoms with Gasteiger partial charge in [0.05, 0.1) is 29.7 Å². The van der Waals surface area contributed by atoms with Crippen molar-refractivity contribution in [3.63, 3.8) is 0 Å². The number of halogens is 1. The molecule has 2 heterocycles. The van der Waals surface area contributed by atoms with Gasteiger partial charge in [-0.15, -0.1) is 0 Å². The Bertz CT molecular complexity index is 1480. The number of fused-ring (bicyclic) bond motifs is 1. The highest BCUT2D eigenvalue weighted by Crippen LogP contribution is 2.55. The number of ether oxygens (including phenoxy) is 2. The third-order valence-electron chi connectivity index (χ3n) is 6.77. The van der Waals surface area contributed by atoms with Gasteiger partial charge in [0, 0.05) is 28.9 Å². The van der Waals surface area contributed by atoms with Gasteiger partial charge in [-0.25, -0.2) is 14.9 Å². The lowest BCUT2D eigenvalue weighted by Crippen LogP contribution is -2.30. The standard InChI is InChI=1S/C28H24FN3O5/c1-36-27(34)28(15-21(28)26(33)32-35)14-17-6-7-25(22(29)12-17)37-16-19-13-24(18-8-10-30-11-9-18)31-23-5-3-2-4-20(19)23/h2-13,21,35H,14-16H2,1H3,(H,32,33)/t21?,28-/m1/s1. The number of hydroxylamine groups is 1. The molecule has 1 unspecified atom stereocenters. The fourth-order valence-electron chi connectivity index (χ4n) is 4.75. The number of hydrogen-bond acceptors (Lipinski definition) is 7. The third kappa shape index (κ3) is 4.73. The predicted octanol–water partition coefficient (Wildman–Crippen LogP) is 4.24. The van der Waals surface area contributed by atoms with E-state index in [4.69, 9.17) is 19.7 Å². The lowest BCUT2D eigenvalue weighted by molar-refractivity contribution is -0.149. The Balaban J connectivity index is 1.37. The van der Waals surface area contributed by atoms with E-state index < -0.39 is 29.0 Å². The summed E-state index contributed by atoms with van der Waals surface area (Å²) in [6, 6.07) is 17.8. The molecule has 2 N–H and O–H groups in total. The monoisotopic (exact) mass is 501 g/mol. The molecular weight excluding hydrogens is 477 g/mol. The molecule has 0 aliphatic heterocycles. The number of carbonyl (C=O) groups is 2. The van der Waals surface area contributed by atoms with Crippen molar-refractivity contribution < 1.29 is 28.7 Å². The summed E-state index contributed by atoms with van der Waals surface area (Å²) in [5.41, 5.74) is 4.27. The molecule has 37 heavy (non-hydrogen) atoms. The van der Waals surface area contributed by atoms with Crippen LogP contribution in [0, 0.1) is 17.2 Å². The molecule has 2 aromatic carbocycles. The highest BCUT2D eigenvalue weighted by molar-refractivity contribution is 5.93.